The number of ether oxygens (including phenoxy) is 1. The number of rotatable bonds is 3. The summed E-state index contributed by atoms with van der Waals surface area (Å²) in [7, 11) is 1.98. The normalized spacial score (nSPS) is 58.8. The standard InChI is InChI=1S/C24H38O2/c1-15(14-25)18-7-8-19-17-12-21(26-4)24-13-16(24)6-5-10-23(24,3)20(17)9-11-22(18,19)2/h14-21H,5-13H2,1-4H3/t15-,16?,17?,18?,19?,20?,21?,22?,23-,24?/m1/s1. The lowest BCUT2D eigenvalue weighted by atomic mass is 9.43. The van der Waals surface area contributed by atoms with Crippen molar-refractivity contribution in [2.24, 2.45) is 51.8 Å². The van der Waals surface area contributed by atoms with Gasteiger partial charge in [-0.25, -0.2) is 0 Å². The Morgan fingerprint density at radius 3 is 2.62 bits per heavy atom. The third-order valence-electron chi connectivity index (χ3n) is 11.0. The molecule has 0 aliphatic heterocycles. The van der Waals surface area contributed by atoms with E-state index >= 15 is 0 Å². The molecule has 5 aliphatic rings. The monoisotopic (exact) mass is 358 g/mol. The van der Waals surface area contributed by atoms with Crippen LogP contribution in [0.25, 0.3) is 0 Å². The van der Waals surface area contributed by atoms with Gasteiger partial charge in [0.2, 0.25) is 0 Å². The minimum absolute atomic E-state index is 0.229. The quantitative estimate of drug-likeness (QED) is 0.623. The molecule has 146 valence electrons. The molecule has 5 saturated carbocycles. The highest BCUT2D eigenvalue weighted by atomic mass is 16.5. The predicted molar refractivity (Wildman–Crippen MR) is 104 cm³/mol. The topological polar surface area (TPSA) is 26.3 Å². The number of methoxy groups -OCH3 is 1. The number of carbonyl (C=O) groups excluding carboxylic acids is 1. The van der Waals surface area contributed by atoms with Crippen LogP contribution in [0.2, 0.25) is 0 Å². The van der Waals surface area contributed by atoms with Crippen LogP contribution in [0, 0.1) is 51.8 Å². The van der Waals surface area contributed by atoms with E-state index in [1.54, 1.807) is 0 Å². The summed E-state index contributed by atoms with van der Waals surface area (Å²) in [6, 6.07) is 0. The van der Waals surface area contributed by atoms with E-state index in [4.69, 9.17) is 4.74 Å². The molecule has 0 aromatic heterocycles. The van der Waals surface area contributed by atoms with E-state index in [1.165, 1.54) is 64.1 Å². The fourth-order valence-corrected chi connectivity index (χ4v) is 9.82. The zero-order valence-corrected chi connectivity index (χ0v) is 17.3. The van der Waals surface area contributed by atoms with Crippen LogP contribution >= 0.6 is 0 Å². The summed E-state index contributed by atoms with van der Waals surface area (Å²) < 4.78 is 6.24. The second-order valence-electron chi connectivity index (χ2n) is 11.3. The van der Waals surface area contributed by atoms with Gasteiger partial charge in [0.1, 0.15) is 6.29 Å². The first-order chi connectivity index (χ1) is 12.4. The summed E-state index contributed by atoms with van der Waals surface area (Å²) in [5.41, 5.74) is 1.41. The van der Waals surface area contributed by atoms with Crippen molar-refractivity contribution in [3.63, 3.8) is 0 Å². The lowest BCUT2D eigenvalue weighted by Crippen LogP contribution is -2.59. The fraction of sp³-hybridized carbons (Fsp3) is 0.958. The van der Waals surface area contributed by atoms with Gasteiger partial charge in [-0.15, -0.1) is 0 Å². The smallest absolute Gasteiger partial charge is 0.123 e. The van der Waals surface area contributed by atoms with Gasteiger partial charge in [-0.1, -0.05) is 27.2 Å². The van der Waals surface area contributed by atoms with Crippen molar-refractivity contribution in [1.29, 1.82) is 0 Å². The first-order valence-corrected chi connectivity index (χ1v) is 11.4. The van der Waals surface area contributed by atoms with Crippen molar-refractivity contribution >= 4 is 6.29 Å². The van der Waals surface area contributed by atoms with Crippen molar-refractivity contribution in [3.8, 4) is 0 Å². The summed E-state index contributed by atoms with van der Waals surface area (Å²) in [6.07, 6.45) is 14.2. The van der Waals surface area contributed by atoms with Crippen LogP contribution in [-0.2, 0) is 9.53 Å². The summed E-state index contributed by atoms with van der Waals surface area (Å²) in [4.78, 5) is 11.6. The first-order valence-electron chi connectivity index (χ1n) is 11.4. The first kappa shape index (κ1) is 17.7. The van der Waals surface area contributed by atoms with E-state index < -0.39 is 0 Å². The number of carbonyl (C=O) groups is 1. The van der Waals surface area contributed by atoms with Crippen molar-refractivity contribution < 1.29 is 9.53 Å². The molecule has 2 nitrogen and oxygen atoms in total. The fourth-order valence-electron chi connectivity index (χ4n) is 9.82. The minimum atomic E-state index is 0.229. The number of fused-ring (bicyclic) bond motifs is 4. The summed E-state index contributed by atoms with van der Waals surface area (Å²) >= 11 is 0. The van der Waals surface area contributed by atoms with Gasteiger partial charge in [-0.2, -0.15) is 0 Å². The molecule has 26 heavy (non-hydrogen) atoms. The van der Waals surface area contributed by atoms with Gasteiger partial charge in [0.15, 0.2) is 0 Å². The molecule has 5 rings (SSSR count). The van der Waals surface area contributed by atoms with Gasteiger partial charge in [0, 0.05) is 18.4 Å². The highest BCUT2D eigenvalue weighted by Crippen LogP contribution is 2.80. The Hall–Kier alpha value is -0.370. The maximum atomic E-state index is 11.6. The molecular formula is C24H38O2. The lowest BCUT2D eigenvalue weighted by Gasteiger charge is -2.63. The van der Waals surface area contributed by atoms with Crippen LogP contribution < -0.4 is 0 Å². The Morgan fingerprint density at radius 2 is 1.88 bits per heavy atom. The summed E-state index contributed by atoms with van der Waals surface area (Å²) in [5, 5.41) is 0. The van der Waals surface area contributed by atoms with Gasteiger partial charge >= 0.3 is 0 Å². The second kappa shape index (κ2) is 5.58. The molecule has 0 bridgehead atoms. The third-order valence-corrected chi connectivity index (χ3v) is 11.0. The molecule has 0 aromatic carbocycles. The van der Waals surface area contributed by atoms with Gasteiger partial charge in [-0.3, -0.25) is 0 Å². The zero-order valence-electron chi connectivity index (χ0n) is 17.3. The Labute approximate surface area is 159 Å². The van der Waals surface area contributed by atoms with Gasteiger partial charge in [0.25, 0.3) is 0 Å². The van der Waals surface area contributed by atoms with Gasteiger partial charge in [0.05, 0.1) is 6.10 Å². The maximum Gasteiger partial charge on any atom is 0.123 e. The van der Waals surface area contributed by atoms with Crippen molar-refractivity contribution in [2.45, 2.75) is 84.7 Å². The molecule has 5 aliphatic carbocycles. The van der Waals surface area contributed by atoms with Gasteiger partial charge in [-0.05, 0) is 91.8 Å². The Balaban J connectivity index is 1.50. The van der Waals surface area contributed by atoms with E-state index in [-0.39, 0.29) is 5.92 Å². The van der Waals surface area contributed by atoms with E-state index in [2.05, 4.69) is 20.8 Å². The lowest BCUT2D eigenvalue weighted by molar-refractivity contribution is -0.181. The summed E-state index contributed by atoms with van der Waals surface area (Å²) in [6.45, 7) is 7.38. The van der Waals surface area contributed by atoms with E-state index in [1.807, 2.05) is 7.11 Å². The number of hydrogen-bond acceptors (Lipinski definition) is 2. The molecule has 5 fully saturated rings. The van der Waals surface area contributed by atoms with Crippen LogP contribution in [-0.4, -0.2) is 19.5 Å². The molecule has 0 saturated heterocycles. The van der Waals surface area contributed by atoms with Crippen molar-refractivity contribution in [2.75, 3.05) is 7.11 Å². The van der Waals surface area contributed by atoms with E-state index in [0.717, 1.165) is 23.7 Å². The van der Waals surface area contributed by atoms with Gasteiger partial charge < -0.3 is 9.53 Å². The zero-order chi connectivity index (χ0) is 18.3. The van der Waals surface area contributed by atoms with Crippen LogP contribution in [0.1, 0.15) is 78.6 Å². The molecule has 2 heteroatoms. The Morgan fingerprint density at radius 1 is 1.08 bits per heavy atom. The molecule has 0 aromatic rings. The molecule has 10 atom stereocenters. The largest absolute Gasteiger partial charge is 0.381 e. The number of aldehydes is 1. The average molecular weight is 359 g/mol. The van der Waals surface area contributed by atoms with Crippen molar-refractivity contribution in [3.05, 3.63) is 0 Å². The van der Waals surface area contributed by atoms with E-state index in [9.17, 15) is 4.79 Å². The highest BCUT2D eigenvalue weighted by Gasteiger charge is 2.75. The van der Waals surface area contributed by atoms with Crippen molar-refractivity contribution in [1.82, 2.24) is 0 Å². The van der Waals surface area contributed by atoms with E-state index in [0.29, 0.717) is 28.3 Å². The van der Waals surface area contributed by atoms with Crippen LogP contribution in [0.5, 0.6) is 0 Å². The second-order valence-corrected chi connectivity index (χ2v) is 11.3. The molecule has 1 spiro atoms. The summed E-state index contributed by atoms with van der Waals surface area (Å²) in [5.74, 6) is 4.34. The SMILES string of the molecule is COC1CC2C3CCC([C@H](C)C=O)C3(C)CCC2[C@@]2(C)CCCC3CC312. The minimum Gasteiger partial charge on any atom is -0.381 e. The average Bonchev–Trinajstić information content (AvgIpc) is 3.27. The molecule has 0 radical (unpaired) electrons. The Kier molecular flexibility index (Phi) is 3.80. The maximum absolute atomic E-state index is 11.6. The van der Waals surface area contributed by atoms with Crippen LogP contribution in [0.3, 0.4) is 0 Å². The highest BCUT2D eigenvalue weighted by molar-refractivity contribution is 5.53. The third kappa shape index (κ3) is 1.91. The Bertz CT molecular complexity index is 601. The van der Waals surface area contributed by atoms with Crippen LogP contribution in [0.4, 0.5) is 0 Å². The molecule has 0 heterocycles. The molecule has 0 N–H and O–H groups in total. The molecular weight excluding hydrogens is 320 g/mol. The molecule has 8 unspecified atom stereocenters. The predicted octanol–water partition coefficient (Wildman–Crippen LogP) is 5.50. The van der Waals surface area contributed by atoms with Crippen LogP contribution in [0.15, 0.2) is 0 Å². The number of hydrogen-bond donors (Lipinski definition) is 0. The molecule has 0 amide bonds.